The van der Waals surface area contributed by atoms with Crippen molar-refractivity contribution in [2.75, 3.05) is 47.5 Å². The summed E-state index contributed by atoms with van der Waals surface area (Å²) < 4.78 is 15.7. The molecule has 152 valence electrons. The number of esters is 1. The Hall–Kier alpha value is -1.71. The molecule has 1 fully saturated rings. The van der Waals surface area contributed by atoms with Crippen LogP contribution in [0.25, 0.3) is 0 Å². The van der Waals surface area contributed by atoms with Gasteiger partial charge in [0.15, 0.2) is 5.96 Å². The summed E-state index contributed by atoms with van der Waals surface area (Å²) in [5, 5.41) is 3.34. The molecular weight excluding hydrogens is 461 g/mol. The lowest BCUT2D eigenvalue weighted by atomic mass is 9.99. The number of nitrogens with one attached hydrogen (secondary N) is 1. The maximum Gasteiger partial charge on any atom is 0.310 e. The van der Waals surface area contributed by atoms with Gasteiger partial charge in [-0.1, -0.05) is 6.92 Å². The molecule has 27 heavy (non-hydrogen) atoms. The minimum Gasteiger partial charge on any atom is -0.497 e. The first kappa shape index (κ1) is 23.3. The van der Waals surface area contributed by atoms with Crippen molar-refractivity contribution in [2.24, 2.45) is 16.8 Å². The van der Waals surface area contributed by atoms with Crippen LogP contribution in [0.5, 0.6) is 11.5 Å². The summed E-state index contributed by atoms with van der Waals surface area (Å²) in [5.74, 6) is 2.45. The van der Waals surface area contributed by atoms with Crippen LogP contribution in [0.1, 0.15) is 13.3 Å². The highest BCUT2D eigenvalue weighted by molar-refractivity contribution is 14.0. The van der Waals surface area contributed by atoms with Crippen LogP contribution < -0.4 is 14.8 Å². The number of guanidine groups is 1. The van der Waals surface area contributed by atoms with Crippen molar-refractivity contribution < 1.29 is 19.0 Å². The molecule has 0 aliphatic carbocycles. The van der Waals surface area contributed by atoms with Crippen molar-refractivity contribution in [3.63, 3.8) is 0 Å². The zero-order chi connectivity index (χ0) is 18.9. The number of carbonyl (C=O) groups is 1. The standard InChI is InChI=1S/C19H29N3O4.HI/c1-14-12-22(13-17(14)18(23)25-4)19(20-2)21-10-5-11-26-16-8-6-15(24-3)7-9-16;/h6-9,14,17H,5,10-13H2,1-4H3,(H,20,21);1H. The van der Waals surface area contributed by atoms with E-state index in [1.165, 1.54) is 7.11 Å². The fourth-order valence-electron chi connectivity index (χ4n) is 3.06. The summed E-state index contributed by atoms with van der Waals surface area (Å²) in [5.41, 5.74) is 0. The number of likely N-dealkylation sites (tertiary alicyclic amines) is 1. The first-order chi connectivity index (χ1) is 12.6. The number of hydrogen-bond donors (Lipinski definition) is 1. The monoisotopic (exact) mass is 491 g/mol. The van der Waals surface area contributed by atoms with Gasteiger partial charge in [0.25, 0.3) is 0 Å². The molecule has 1 aromatic rings. The van der Waals surface area contributed by atoms with E-state index in [2.05, 4.69) is 22.1 Å². The second-order valence-electron chi connectivity index (χ2n) is 6.36. The van der Waals surface area contributed by atoms with Crippen LogP contribution in [-0.2, 0) is 9.53 Å². The van der Waals surface area contributed by atoms with Gasteiger partial charge < -0.3 is 24.4 Å². The molecule has 1 heterocycles. The third-order valence-electron chi connectivity index (χ3n) is 4.56. The Balaban J connectivity index is 0.00000364. The Morgan fingerprint density at radius 1 is 1.22 bits per heavy atom. The molecule has 0 bridgehead atoms. The Morgan fingerprint density at radius 3 is 2.48 bits per heavy atom. The minimum atomic E-state index is -0.150. The third kappa shape index (κ3) is 6.75. The molecule has 0 radical (unpaired) electrons. The first-order valence-corrected chi connectivity index (χ1v) is 8.89. The van der Waals surface area contributed by atoms with Crippen molar-refractivity contribution >= 4 is 35.9 Å². The van der Waals surface area contributed by atoms with E-state index in [1.54, 1.807) is 14.2 Å². The molecule has 2 unspecified atom stereocenters. The van der Waals surface area contributed by atoms with Crippen LogP contribution in [0.3, 0.4) is 0 Å². The van der Waals surface area contributed by atoms with Gasteiger partial charge in [0.2, 0.25) is 0 Å². The number of benzene rings is 1. The van der Waals surface area contributed by atoms with Gasteiger partial charge in [-0.15, -0.1) is 24.0 Å². The van der Waals surface area contributed by atoms with E-state index in [0.717, 1.165) is 37.0 Å². The number of hydrogen-bond acceptors (Lipinski definition) is 5. The number of carbonyl (C=O) groups excluding carboxylic acids is 1. The molecule has 0 spiro atoms. The number of rotatable bonds is 7. The lowest BCUT2D eigenvalue weighted by Gasteiger charge is -2.21. The van der Waals surface area contributed by atoms with Gasteiger partial charge in [-0.05, 0) is 36.6 Å². The van der Waals surface area contributed by atoms with Crippen molar-refractivity contribution in [1.82, 2.24) is 10.2 Å². The van der Waals surface area contributed by atoms with E-state index in [9.17, 15) is 4.79 Å². The predicted octanol–water partition coefficient (Wildman–Crippen LogP) is 2.40. The van der Waals surface area contributed by atoms with E-state index >= 15 is 0 Å². The Labute approximate surface area is 178 Å². The number of nitrogens with zero attached hydrogens (tertiary/aromatic N) is 2. The van der Waals surface area contributed by atoms with E-state index in [1.807, 2.05) is 24.3 Å². The molecule has 2 rings (SSSR count). The Bertz CT molecular complexity index is 609. The molecule has 1 N–H and O–H groups in total. The summed E-state index contributed by atoms with van der Waals surface area (Å²) in [6, 6.07) is 7.54. The lowest BCUT2D eigenvalue weighted by Crippen LogP contribution is -2.41. The number of ether oxygens (including phenoxy) is 3. The second kappa shape index (κ2) is 11.9. The molecule has 1 saturated heterocycles. The Morgan fingerprint density at radius 2 is 1.89 bits per heavy atom. The summed E-state index contributed by atoms with van der Waals surface area (Å²) in [6.07, 6.45) is 0.842. The summed E-state index contributed by atoms with van der Waals surface area (Å²) >= 11 is 0. The van der Waals surface area contributed by atoms with Crippen LogP contribution in [0.2, 0.25) is 0 Å². The van der Waals surface area contributed by atoms with Crippen LogP contribution in [0, 0.1) is 11.8 Å². The lowest BCUT2D eigenvalue weighted by molar-refractivity contribution is -0.145. The molecule has 1 aliphatic rings. The van der Waals surface area contributed by atoms with Crippen LogP contribution in [0.4, 0.5) is 0 Å². The molecule has 0 aromatic heterocycles. The van der Waals surface area contributed by atoms with Gasteiger partial charge in [0, 0.05) is 26.7 Å². The molecule has 8 heteroatoms. The number of halogens is 1. The summed E-state index contributed by atoms with van der Waals surface area (Å²) in [4.78, 5) is 18.3. The molecule has 0 saturated carbocycles. The van der Waals surface area contributed by atoms with Gasteiger partial charge in [0.05, 0.1) is 26.7 Å². The molecule has 7 nitrogen and oxygen atoms in total. The van der Waals surface area contributed by atoms with E-state index in [0.29, 0.717) is 13.2 Å². The van der Waals surface area contributed by atoms with Crippen molar-refractivity contribution in [3.8, 4) is 11.5 Å². The maximum atomic E-state index is 11.8. The molecule has 0 amide bonds. The zero-order valence-electron chi connectivity index (χ0n) is 16.4. The van der Waals surface area contributed by atoms with E-state index in [-0.39, 0.29) is 41.8 Å². The largest absolute Gasteiger partial charge is 0.497 e. The van der Waals surface area contributed by atoms with Crippen molar-refractivity contribution in [1.29, 1.82) is 0 Å². The van der Waals surface area contributed by atoms with Crippen molar-refractivity contribution in [3.05, 3.63) is 24.3 Å². The highest BCUT2D eigenvalue weighted by atomic mass is 127. The molecule has 1 aliphatic heterocycles. The fourth-order valence-corrected chi connectivity index (χ4v) is 3.06. The molecule has 1 aromatic carbocycles. The fraction of sp³-hybridized carbons (Fsp3) is 0.579. The van der Waals surface area contributed by atoms with Gasteiger partial charge in [-0.2, -0.15) is 0 Å². The van der Waals surface area contributed by atoms with Gasteiger partial charge in [-0.3, -0.25) is 9.79 Å². The Kier molecular flexibility index (Phi) is 10.3. The third-order valence-corrected chi connectivity index (χ3v) is 4.56. The average Bonchev–Trinajstić information content (AvgIpc) is 3.06. The number of methoxy groups -OCH3 is 2. The highest BCUT2D eigenvalue weighted by Gasteiger charge is 2.36. The SMILES string of the molecule is CN=C(NCCCOc1ccc(OC)cc1)N1CC(C)C(C(=O)OC)C1.I. The summed E-state index contributed by atoms with van der Waals surface area (Å²) in [6.45, 7) is 4.85. The average molecular weight is 491 g/mol. The van der Waals surface area contributed by atoms with Gasteiger partial charge in [0.1, 0.15) is 11.5 Å². The molecule has 2 atom stereocenters. The predicted molar refractivity (Wildman–Crippen MR) is 116 cm³/mol. The topological polar surface area (TPSA) is 72.4 Å². The summed E-state index contributed by atoms with van der Waals surface area (Å²) in [7, 11) is 4.84. The van der Waals surface area contributed by atoms with E-state index in [4.69, 9.17) is 14.2 Å². The smallest absolute Gasteiger partial charge is 0.310 e. The normalized spacial score (nSPS) is 19.3. The molecular formula is C19H30IN3O4. The quantitative estimate of drug-likeness (QED) is 0.208. The van der Waals surface area contributed by atoms with Crippen LogP contribution in [-0.4, -0.2) is 64.3 Å². The van der Waals surface area contributed by atoms with Gasteiger partial charge >= 0.3 is 5.97 Å². The zero-order valence-corrected chi connectivity index (χ0v) is 18.8. The van der Waals surface area contributed by atoms with E-state index < -0.39 is 0 Å². The van der Waals surface area contributed by atoms with Gasteiger partial charge in [-0.25, -0.2) is 0 Å². The highest BCUT2D eigenvalue weighted by Crippen LogP contribution is 2.24. The van der Waals surface area contributed by atoms with Crippen LogP contribution >= 0.6 is 24.0 Å². The first-order valence-electron chi connectivity index (χ1n) is 8.89. The van der Waals surface area contributed by atoms with Crippen molar-refractivity contribution in [2.45, 2.75) is 13.3 Å². The maximum absolute atomic E-state index is 11.8. The second-order valence-corrected chi connectivity index (χ2v) is 6.36. The number of aliphatic imine (C=N–C) groups is 1. The minimum absolute atomic E-state index is 0. The van der Waals surface area contributed by atoms with Crippen LogP contribution in [0.15, 0.2) is 29.3 Å².